The van der Waals surface area contributed by atoms with Crippen LogP contribution >= 0.6 is 23.2 Å². The Bertz CT molecular complexity index is 839. The number of benzene rings is 2. The zero-order chi connectivity index (χ0) is 19.7. The van der Waals surface area contributed by atoms with Gasteiger partial charge in [0.05, 0.1) is 16.0 Å². The normalized spacial score (nSPS) is 16.0. The second kappa shape index (κ2) is 8.09. The number of nitrogens with zero attached hydrogens (tertiary/aromatic N) is 1. The van der Waals surface area contributed by atoms with E-state index in [-0.39, 0.29) is 12.0 Å². The van der Waals surface area contributed by atoms with Crippen LogP contribution in [0.2, 0.25) is 10.0 Å². The summed E-state index contributed by atoms with van der Waals surface area (Å²) >= 11 is 12.0. The molecule has 0 bridgehead atoms. The van der Waals surface area contributed by atoms with Crippen molar-refractivity contribution in [1.82, 2.24) is 4.90 Å². The summed E-state index contributed by atoms with van der Waals surface area (Å²) in [6.07, 6.45) is 0. The lowest BCUT2D eigenvalue weighted by atomic mass is 9.93. The van der Waals surface area contributed by atoms with Crippen LogP contribution in [0, 0.1) is 19.8 Å². The standard InChI is InChI=1S/C21H23Cl2NO3/c1-12-6-16(14(3)24-9-17(10-24)21(25)26)7-13(2)20(12)27-11-15-4-5-18(22)19(23)8-15/h4-8,14,17H,9-11H2,1-3H3,(H,25,26). The molecule has 3 rings (SSSR count). The van der Waals surface area contributed by atoms with Crippen molar-refractivity contribution in [2.24, 2.45) is 5.92 Å². The van der Waals surface area contributed by atoms with E-state index in [0.29, 0.717) is 29.7 Å². The Morgan fingerprint density at radius 1 is 1.19 bits per heavy atom. The van der Waals surface area contributed by atoms with Gasteiger partial charge >= 0.3 is 5.97 Å². The van der Waals surface area contributed by atoms with Crippen molar-refractivity contribution < 1.29 is 14.6 Å². The van der Waals surface area contributed by atoms with Gasteiger partial charge in [-0.3, -0.25) is 9.69 Å². The van der Waals surface area contributed by atoms with Gasteiger partial charge in [-0.25, -0.2) is 0 Å². The molecule has 1 N–H and O–H groups in total. The number of rotatable bonds is 6. The van der Waals surface area contributed by atoms with Crippen LogP contribution in [0.3, 0.4) is 0 Å². The quantitative estimate of drug-likeness (QED) is 0.708. The van der Waals surface area contributed by atoms with Crippen LogP contribution in [0.25, 0.3) is 0 Å². The zero-order valence-corrected chi connectivity index (χ0v) is 17.1. The van der Waals surface area contributed by atoms with Crippen molar-refractivity contribution in [3.63, 3.8) is 0 Å². The molecule has 0 radical (unpaired) electrons. The van der Waals surface area contributed by atoms with Crippen LogP contribution in [0.15, 0.2) is 30.3 Å². The van der Waals surface area contributed by atoms with Crippen LogP contribution in [0.1, 0.15) is 35.2 Å². The van der Waals surface area contributed by atoms with Gasteiger partial charge in [0.25, 0.3) is 0 Å². The topological polar surface area (TPSA) is 49.8 Å². The molecule has 1 heterocycles. The monoisotopic (exact) mass is 407 g/mol. The molecule has 1 unspecified atom stereocenters. The van der Waals surface area contributed by atoms with E-state index in [2.05, 4.69) is 24.0 Å². The molecule has 0 aliphatic carbocycles. The summed E-state index contributed by atoms with van der Waals surface area (Å²) in [4.78, 5) is 13.2. The molecule has 0 spiro atoms. The van der Waals surface area contributed by atoms with Gasteiger partial charge in [0.2, 0.25) is 0 Å². The maximum atomic E-state index is 11.0. The number of carboxylic acid groups (broad SMARTS) is 1. The first-order valence-corrected chi connectivity index (χ1v) is 9.66. The fourth-order valence-corrected chi connectivity index (χ4v) is 3.75. The number of aliphatic carboxylic acids is 1. The molecule has 2 aromatic rings. The van der Waals surface area contributed by atoms with E-state index < -0.39 is 5.97 Å². The Morgan fingerprint density at radius 3 is 2.37 bits per heavy atom. The minimum absolute atomic E-state index is 0.183. The number of halogens is 2. The average Bonchev–Trinajstić information content (AvgIpc) is 2.55. The molecule has 0 aromatic heterocycles. The van der Waals surface area contributed by atoms with E-state index in [4.69, 9.17) is 33.0 Å². The third kappa shape index (κ3) is 4.40. The minimum Gasteiger partial charge on any atom is -0.488 e. The van der Waals surface area contributed by atoms with Crippen molar-refractivity contribution in [1.29, 1.82) is 0 Å². The van der Waals surface area contributed by atoms with Gasteiger partial charge in [0, 0.05) is 19.1 Å². The summed E-state index contributed by atoms with van der Waals surface area (Å²) in [5, 5.41) is 10.1. The summed E-state index contributed by atoms with van der Waals surface area (Å²) in [6.45, 7) is 7.80. The summed E-state index contributed by atoms with van der Waals surface area (Å²) < 4.78 is 6.04. The highest BCUT2D eigenvalue weighted by molar-refractivity contribution is 6.42. The lowest BCUT2D eigenvalue weighted by molar-refractivity contribution is -0.148. The molecule has 2 aromatic carbocycles. The van der Waals surface area contributed by atoms with Gasteiger partial charge in [-0.15, -0.1) is 0 Å². The maximum Gasteiger partial charge on any atom is 0.309 e. The van der Waals surface area contributed by atoms with E-state index in [9.17, 15) is 4.79 Å². The second-order valence-corrected chi connectivity index (χ2v) is 8.00. The van der Waals surface area contributed by atoms with Gasteiger partial charge < -0.3 is 9.84 Å². The highest BCUT2D eigenvalue weighted by atomic mass is 35.5. The number of hydrogen-bond acceptors (Lipinski definition) is 3. The molecule has 6 heteroatoms. The number of likely N-dealkylation sites (tertiary alicyclic amines) is 1. The molecule has 144 valence electrons. The van der Waals surface area contributed by atoms with Gasteiger partial charge in [-0.05, 0) is 55.2 Å². The van der Waals surface area contributed by atoms with E-state index in [1.807, 2.05) is 26.0 Å². The Labute approximate surface area is 169 Å². The largest absolute Gasteiger partial charge is 0.488 e. The Hall–Kier alpha value is -1.75. The number of hydrogen-bond donors (Lipinski definition) is 1. The third-order valence-electron chi connectivity index (χ3n) is 5.14. The van der Waals surface area contributed by atoms with Crippen molar-refractivity contribution in [2.75, 3.05) is 13.1 Å². The number of aryl methyl sites for hydroxylation is 2. The fourth-order valence-electron chi connectivity index (χ4n) is 3.43. The number of carbonyl (C=O) groups is 1. The minimum atomic E-state index is -0.711. The predicted molar refractivity (Wildman–Crippen MR) is 108 cm³/mol. The molecular weight excluding hydrogens is 385 g/mol. The van der Waals surface area contributed by atoms with E-state index in [0.717, 1.165) is 22.4 Å². The molecule has 1 saturated heterocycles. The summed E-state index contributed by atoms with van der Waals surface area (Å²) in [5.41, 5.74) is 4.26. The molecule has 1 aliphatic rings. The Kier molecular flexibility index (Phi) is 5.99. The first-order valence-electron chi connectivity index (χ1n) is 8.91. The highest BCUT2D eigenvalue weighted by Crippen LogP contribution is 2.33. The third-order valence-corrected chi connectivity index (χ3v) is 5.88. The first-order chi connectivity index (χ1) is 12.8. The molecular formula is C21H23Cl2NO3. The van der Waals surface area contributed by atoms with E-state index >= 15 is 0 Å². The van der Waals surface area contributed by atoms with Crippen LogP contribution in [0.4, 0.5) is 0 Å². The highest BCUT2D eigenvalue weighted by Gasteiger charge is 2.35. The molecule has 27 heavy (non-hydrogen) atoms. The summed E-state index contributed by atoms with van der Waals surface area (Å²) in [7, 11) is 0. The van der Waals surface area contributed by atoms with Crippen LogP contribution < -0.4 is 4.74 Å². The van der Waals surface area contributed by atoms with Gasteiger partial charge in [-0.2, -0.15) is 0 Å². The van der Waals surface area contributed by atoms with Crippen LogP contribution in [0.5, 0.6) is 5.75 Å². The van der Waals surface area contributed by atoms with Crippen molar-refractivity contribution in [3.05, 3.63) is 62.6 Å². The second-order valence-electron chi connectivity index (χ2n) is 7.19. The summed E-state index contributed by atoms with van der Waals surface area (Å²) in [6, 6.07) is 9.91. The van der Waals surface area contributed by atoms with Crippen molar-refractivity contribution in [2.45, 2.75) is 33.4 Å². The van der Waals surface area contributed by atoms with Crippen LogP contribution in [-0.4, -0.2) is 29.1 Å². The van der Waals surface area contributed by atoms with E-state index in [1.54, 1.807) is 6.07 Å². The van der Waals surface area contributed by atoms with Gasteiger partial charge in [0.15, 0.2) is 0 Å². The lowest BCUT2D eigenvalue weighted by Crippen LogP contribution is -2.51. The maximum absolute atomic E-state index is 11.0. The predicted octanol–water partition coefficient (Wildman–Crippen LogP) is 5.27. The van der Waals surface area contributed by atoms with Crippen molar-refractivity contribution >= 4 is 29.2 Å². The Balaban J connectivity index is 1.69. The molecule has 0 amide bonds. The molecule has 1 atom stereocenters. The first kappa shape index (κ1) is 20.0. The van der Waals surface area contributed by atoms with Gasteiger partial charge in [-0.1, -0.05) is 41.4 Å². The Morgan fingerprint density at radius 2 is 1.81 bits per heavy atom. The number of carboxylic acids is 1. The molecule has 4 nitrogen and oxygen atoms in total. The fraction of sp³-hybridized carbons (Fsp3) is 0.381. The van der Waals surface area contributed by atoms with Gasteiger partial charge in [0.1, 0.15) is 12.4 Å². The SMILES string of the molecule is Cc1cc(C(C)N2CC(C(=O)O)C2)cc(C)c1OCc1ccc(Cl)c(Cl)c1. The lowest BCUT2D eigenvalue weighted by Gasteiger charge is -2.41. The zero-order valence-electron chi connectivity index (χ0n) is 15.6. The van der Waals surface area contributed by atoms with Crippen LogP contribution in [-0.2, 0) is 11.4 Å². The summed E-state index contributed by atoms with van der Waals surface area (Å²) in [5.74, 6) is -0.0932. The number of ether oxygens (including phenoxy) is 1. The molecule has 0 saturated carbocycles. The van der Waals surface area contributed by atoms with E-state index in [1.165, 1.54) is 5.56 Å². The molecule has 1 aliphatic heterocycles. The average molecular weight is 408 g/mol. The van der Waals surface area contributed by atoms with Crippen molar-refractivity contribution in [3.8, 4) is 5.75 Å². The molecule has 1 fully saturated rings. The smallest absolute Gasteiger partial charge is 0.309 e.